The number of nitrogens with one attached hydrogen (secondary N) is 1. The van der Waals surface area contributed by atoms with E-state index in [1.807, 2.05) is 18.2 Å². The smallest absolute Gasteiger partial charge is 0.193 e. The van der Waals surface area contributed by atoms with Crippen molar-refractivity contribution in [2.75, 3.05) is 5.32 Å². The van der Waals surface area contributed by atoms with Crippen LogP contribution in [0.3, 0.4) is 0 Å². The highest BCUT2D eigenvalue weighted by Gasteiger charge is 2.39. The molecule has 3 N–H and O–H groups in total. The number of anilines is 1. The number of aliphatic imine (C=N–C) groups is 1. The van der Waals surface area contributed by atoms with E-state index in [2.05, 4.69) is 23.3 Å². The Balaban J connectivity index is 1.68. The largest absolute Gasteiger partial charge is 0.370 e. The van der Waals surface area contributed by atoms with Crippen LogP contribution < -0.4 is 11.1 Å². The second-order valence-electron chi connectivity index (χ2n) is 5.70. The Morgan fingerprint density at radius 3 is 2.78 bits per heavy atom. The van der Waals surface area contributed by atoms with E-state index in [0.29, 0.717) is 12.0 Å². The molecule has 0 spiro atoms. The number of aryl methyl sites for hydroxylation is 1. The van der Waals surface area contributed by atoms with E-state index < -0.39 is 0 Å². The van der Waals surface area contributed by atoms with Gasteiger partial charge in [-0.1, -0.05) is 24.6 Å². The molecule has 2 saturated carbocycles. The molecular formula is C15H21N3. The van der Waals surface area contributed by atoms with Gasteiger partial charge in [-0.05, 0) is 49.7 Å². The first-order valence-corrected chi connectivity index (χ1v) is 6.88. The Labute approximate surface area is 108 Å². The SMILES string of the molecule is Cc1ccccc1NC(N)=N[C@@H]1C[C@H]2CC[C@H]1C2. The number of hydrogen-bond donors (Lipinski definition) is 2. The molecule has 3 atom stereocenters. The lowest BCUT2D eigenvalue weighted by atomic mass is 9.96. The van der Waals surface area contributed by atoms with Crippen molar-refractivity contribution in [3.8, 4) is 0 Å². The van der Waals surface area contributed by atoms with Gasteiger partial charge in [0.2, 0.25) is 0 Å². The molecule has 0 radical (unpaired) electrons. The number of rotatable bonds is 2. The maximum absolute atomic E-state index is 6.03. The summed E-state index contributed by atoms with van der Waals surface area (Å²) < 4.78 is 0. The van der Waals surface area contributed by atoms with Crippen molar-refractivity contribution in [2.45, 2.75) is 38.6 Å². The summed E-state index contributed by atoms with van der Waals surface area (Å²) in [5.41, 5.74) is 8.28. The summed E-state index contributed by atoms with van der Waals surface area (Å²) in [7, 11) is 0. The molecule has 18 heavy (non-hydrogen) atoms. The van der Waals surface area contributed by atoms with E-state index in [1.54, 1.807) is 0 Å². The molecule has 0 amide bonds. The summed E-state index contributed by atoms with van der Waals surface area (Å²) in [6.45, 7) is 2.08. The third-order valence-corrected chi connectivity index (χ3v) is 4.41. The lowest BCUT2D eigenvalue weighted by Crippen LogP contribution is -2.27. The van der Waals surface area contributed by atoms with Gasteiger partial charge in [-0.3, -0.25) is 0 Å². The minimum atomic E-state index is 0.459. The van der Waals surface area contributed by atoms with Crippen LogP contribution in [0, 0.1) is 18.8 Å². The molecule has 1 aromatic rings. The molecule has 3 rings (SSSR count). The second-order valence-corrected chi connectivity index (χ2v) is 5.70. The van der Waals surface area contributed by atoms with Gasteiger partial charge in [0.25, 0.3) is 0 Å². The molecule has 0 aliphatic heterocycles. The molecule has 2 aliphatic rings. The Bertz CT molecular complexity index is 467. The predicted octanol–water partition coefficient (Wildman–Crippen LogP) is 2.91. The lowest BCUT2D eigenvalue weighted by Gasteiger charge is -2.18. The van der Waals surface area contributed by atoms with Gasteiger partial charge in [-0.25, -0.2) is 4.99 Å². The van der Waals surface area contributed by atoms with E-state index in [1.165, 1.54) is 31.2 Å². The second kappa shape index (κ2) is 4.63. The van der Waals surface area contributed by atoms with Crippen LogP contribution in [0.4, 0.5) is 5.69 Å². The van der Waals surface area contributed by atoms with E-state index in [9.17, 15) is 0 Å². The Morgan fingerprint density at radius 2 is 2.11 bits per heavy atom. The van der Waals surface area contributed by atoms with Crippen molar-refractivity contribution in [3.63, 3.8) is 0 Å². The van der Waals surface area contributed by atoms with Crippen molar-refractivity contribution >= 4 is 11.6 Å². The molecule has 2 bridgehead atoms. The number of para-hydroxylation sites is 1. The normalized spacial score (nSPS) is 30.7. The summed E-state index contributed by atoms with van der Waals surface area (Å²) in [4.78, 5) is 4.68. The number of nitrogens with two attached hydrogens (primary N) is 1. The fourth-order valence-corrected chi connectivity index (χ4v) is 3.43. The van der Waals surface area contributed by atoms with E-state index >= 15 is 0 Å². The molecule has 96 valence electrons. The van der Waals surface area contributed by atoms with E-state index in [4.69, 9.17) is 5.73 Å². The minimum Gasteiger partial charge on any atom is -0.370 e. The monoisotopic (exact) mass is 243 g/mol. The van der Waals surface area contributed by atoms with Crippen LogP contribution in [0.5, 0.6) is 0 Å². The molecule has 2 aliphatic carbocycles. The summed E-state index contributed by atoms with van der Waals surface area (Å²) >= 11 is 0. The van der Waals surface area contributed by atoms with Crippen LogP contribution in [-0.2, 0) is 0 Å². The van der Waals surface area contributed by atoms with Gasteiger partial charge in [0, 0.05) is 5.69 Å². The van der Waals surface area contributed by atoms with Crippen molar-refractivity contribution in [2.24, 2.45) is 22.6 Å². The van der Waals surface area contributed by atoms with Crippen LogP contribution >= 0.6 is 0 Å². The van der Waals surface area contributed by atoms with Crippen LogP contribution in [0.2, 0.25) is 0 Å². The first kappa shape index (κ1) is 11.6. The first-order valence-electron chi connectivity index (χ1n) is 6.88. The van der Waals surface area contributed by atoms with Gasteiger partial charge >= 0.3 is 0 Å². The number of guanidine groups is 1. The Hall–Kier alpha value is -1.51. The topological polar surface area (TPSA) is 50.4 Å². The molecule has 2 fully saturated rings. The molecule has 1 aromatic carbocycles. The molecular weight excluding hydrogens is 222 g/mol. The maximum Gasteiger partial charge on any atom is 0.193 e. The van der Waals surface area contributed by atoms with Crippen LogP contribution in [0.1, 0.15) is 31.2 Å². The first-order chi connectivity index (χ1) is 8.72. The Morgan fingerprint density at radius 1 is 1.28 bits per heavy atom. The van der Waals surface area contributed by atoms with Crippen LogP contribution in [0.15, 0.2) is 29.3 Å². The van der Waals surface area contributed by atoms with Crippen molar-refractivity contribution in [1.29, 1.82) is 0 Å². The number of fused-ring (bicyclic) bond motifs is 2. The third kappa shape index (κ3) is 2.22. The zero-order valence-electron chi connectivity index (χ0n) is 10.9. The zero-order chi connectivity index (χ0) is 12.5. The maximum atomic E-state index is 6.03. The van der Waals surface area contributed by atoms with E-state index in [0.717, 1.165) is 17.5 Å². The predicted molar refractivity (Wildman–Crippen MR) is 75.7 cm³/mol. The third-order valence-electron chi connectivity index (χ3n) is 4.41. The summed E-state index contributed by atoms with van der Waals surface area (Å²) in [5, 5.41) is 3.22. The average molecular weight is 243 g/mol. The molecule has 0 saturated heterocycles. The van der Waals surface area contributed by atoms with Gasteiger partial charge in [0.15, 0.2) is 5.96 Å². The van der Waals surface area contributed by atoms with Crippen molar-refractivity contribution in [3.05, 3.63) is 29.8 Å². The lowest BCUT2D eigenvalue weighted by molar-refractivity contribution is 0.420. The Kier molecular flexibility index (Phi) is 2.98. The van der Waals surface area contributed by atoms with Crippen LogP contribution in [0.25, 0.3) is 0 Å². The highest BCUT2D eigenvalue weighted by Crippen LogP contribution is 2.45. The highest BCUT2D eigenvalue weighted by molar-refractivity contribution is 5.93. The van der Waals surface area contributed by atoms with Crippen molar-refractivity contribution < 1.29 is 0 Å². The number of nitrogens with zero attached hydrogens (tertiary/aromatic N) is 1. The quantitative estimate of drug-likeness (QED) is 0.620. The highest BCUT2D eigenvalue weighted by atomic mass is 15.1. The average Bonchev–Trinajstić information content (AvgIpc) is 2.94. The standard InChI is InChI=1S/C15H21N3/c1-10-4-2-3-5-13(10)17-15(16)18-14-9-11-6-7-12(14)8-11/h2-5,11-12,14H,6-9H2,1H3,(H3,16,17,18)/t11-,12-,14+/m0/s1. The molecule has 0 heterocycles. The van der Waals surface area contributed by atoms with Gasteiger partial charge < -0.3 is 11.1 Å². The van der Waals surface area contributed by atoms with E-state index in [-0.39, 0.29) is 0 Å². The van der Waals surface area contributed by atoms with Gasteiger partial charge in [-0.2, -0.15) is 0 Å². The van der Waals surface area contributed by atoms with Crippen molar-refractivity contribution in [1.82, 2.24) is 0 Å². The van der Waals surface area contributed by atoms with Gasteiger partial charge in [-0.15, -0.1) is 0 Å². The minimum absolute atomic E-state index is 0.459. The number of benzene rings is 1. The fourth-order valence-electron chi connectivity index (χ4n) is 3.43. The summed E-state index contributed by atoms with van der Waals surface area (Å²) in [6.07, 6.45) is 5.35. The summed E-state index contributed by atoms with van der Waals surface area (Å²) in [5.74, 6) is 2.27. The van der Waals surface area contributed by atoms with Crippen LogP contribution in [-0.4, -0.2) is 12.0 Å². The molecule has 0 aromatic heterocycles. The van der Waals surface area contributed by atoms with Gasteiger partial charge in [0.1, 0.15) is 0 Å². The number of hydrogen-bond acceptors (Lipinski definition) is 1. The van der Waals surface area contributed by atoms with Gasteiger partial charge in [0.05, 0.1) is 6.04 Å². The molecule has 3 heteroatoms. The zero-order valence-corrected chi connectivity index (χ0v) is 10.9. The molecule has 3 nitrogen and oxygen atoms in total. The molecule has 0 unspecified atom stereocenters. The fraction of sp³-hybridized carbons (Fsp3) is 0.533. The summed E-state index contributed by atoms with van der Waals surface area (Å²) in [6, 6.07) is 8.62.